The second-order valence-corrected chi connectivity index (χ2v) is 5.88. The van der Waals surface area contributed by atoms with Gasteiger partial charge in [-0.25, -0.2) is 23.1 Å². The Morgan fingerprint density at radius 3 is 2.67 bits per heavy atom. The molecular weight excluding hydrogens is 340 g/mol. The highest BCUT2D eigenvalue weighted by Crippen LogP contribution is 2.35. The normalized spacial score (nSPS) is 11.4. The lowest BCUT2D eigenvalue weighted by Crippen LogP contribution is -2.11. The van der Waals surface area contributed by atoms with Crippen LogP contribution in [0.3, 0.4) is 0 Å². The molecule has 3 rings (SSSR count). The summed E-state index contributed by atoms with van der Waals surface area (Å²) in [5.74, 6) is -3.44. The molecule has 0 aliphatic rings. The van der Waals surface area contributed by atoms with Gasteiger partial charge in [0, 0.05) is 11.8 Å². The van der Waals surface area contributed by atoms with Crippen LogP contribution in [0.1, 0.15) is 35.8 Å². The fourth-order valence-corrected chi connectivity index (χ4v) is 2.89. The third-order valence-corrected chi connectivity index (χ3v) is 3.90. The molecule has 0 spiro atoms. The summed E-state index contributed by atoms with van der Waals surface area (Å²) >= 11 is 6.13. The largest absolute Gasteiger partial charge is 0.478 e. The van der Waals surface area contributed by atoms with Crippen LogP contribution in [-0.2, 0) is 0 Å². The summed E-state index contributed by atoms with van der Waals surface area (Å²) in [4.78, 5) is 15.5. The van der Waals surface area contributed by atoms with Gasteiger partial charge in [-0.1, -0.05) is 37.6 Å². The van der Waals surface area contributed by atoms with E-state index in [9.17, 15) is 18.7 Å². The molecule has 5 nitrogen and oxygen atoms in total. The first-order valence-electron chi connectivity index (χ1n) is 7.07. The number of carboxylic acid groups (broad SMARTS) is 1. The van der Waals surface area contributed by atoms with Crippen molar-refractivity contribution in [3.05, 3.63) is 52.4 Å². The average molecular weight is 352 g/mol. The Hall–Kier alpha value is -2.54. The number of carboxylic acids is 1. The Morgan fingerprint density at radius 1 is 1.33 bits per heavy atom. The van der Waals surface area contributed by atoms with Crippen molar-refractivity contribution in [3.8, 4) is 11.1 Å². The molecule has 24 heavy (non-hydrogen) atoms. The summed E-state index contributed by atoms with van der Waals surface area (Å²) in [6, 6.07) is 3.71. The first kappa shape index (κ1) is 16.3. The van der Waals surface area contributed by atoms with Crippen LogP contribution in [0.2, 0.25) is 5.15 Å². The predicted molar refractivity (Wildman–Crippen MR) is 84.4 cm³/mol. The number of halogens is 3. The van der Waals surface area contributed by atoms with E-state index in [4.69, 9.17) is 11.6 Å². The van der Waals surface area contributed by atoms with Crippen LogP contribution in [0.4, 0.5) is 8.78 Å². The number of fused-ring (bicyclic) bond motifs is 1. The highest BCUT2D eigenvalue weighted by Gasteiger charge is 2.24. The fourth-order valence-electron chi connectivity index (χ4n) is 2.63. The molecule has 1 N–H and O–H groups in total. The molecule has 0 bridgehead atoms. The zero-order valence-corrected chi connectivity index (χ0v) is 13.5. The van der Waals surface area contributed by atoms with Crippen LogP contribution in [0, 0.1) is 11.6 Å². The lowest BCUT2D eigenvalue weighted by Gasteiger charge is -2.11. The van der Waals surface area contributed by atoms with Crippen molar-refractivity contribution in [1.82, 2.24) is 14.6 Å². The van der Waals surface area contributed by atoms with E-state index in [1.807, 2.05) is 0 Å². The first-order valence-corrected chi connectivity index (χ1v) is 7.45. The van der Waals surface area contributed by atoms with Crippen molar-refractivity contribution < 1.29 is 18.7 Å². The summed E-state index contributed by atoms with van der Waals surface area (Å²) in [6.45, 7) is 3.58. The SMILES string of the molecule is CC(C)c1c(C(=O)O)cnc2c(-c3cccc(F)c3F)c(Cl)nn12. The van der Waals surface area contributed by atoms with E-state index in [2.05, 4.69) is 10.1 Å². The molecule has 8 heteroatoms. The Bertz CT molecular complexity index is 970. The maximum atomic E-state index is 14.1. The number of hydrogen-bond donors (Lipinski definition) is 1. The van der Waals surface area contributed by atoms with Crippen LogP contribution in [-0.4, -0.2) is 25.7 Å². The third-order valence-electron chi connectivity index (χ3n) is 3.64. The Kier molecular flexibility index (Phi) is 3.96. The minimum absolute atomic E-state index is 0.0251. The van der Waals surface area contributed by atoms with E-state index in [0.29, 0.717) is 5.69 Å². The van der Waals surface area contributed by atoms with Gasteiger partial charge in [-0.3, -0.25) is 0 Å². The minimum atomic E-state index is -1.15. The van der Waals surface area contributed by atoms with Crippen molar-refractivity contribution in [3.63, 3.8) is 0 Å². The average Bonchev–Trinajstić information content (AvgIpc) is 2.84. The number of rotatable bonds is 3. The summed E-state index contributed by atoms with van der Waals surface area (Å²) in [5.41, 5.74) is 0.548. The molecule has 0 unspecified atom stereocenters. The lowest BCUT2D eigenvalue weighted by atomic mass is 10.0. The second kappa shape index (κ2) is 5.83. The zero-order chi connectivity index (χ0) is 17.6. The highest BCUT2D eigenvalue weighted by molar-refractivity contribution is 6.33. The van der Waals surface area contributed by atoms with Crippen LogP contribution in [0.15, 0.2) is 24.4 Å². The minimum Gasteiger partial charge on any atom is -0.478 e. The quantitative estimate of drug-likeness (QED) is 0.769. The summed E-state index contributed by atoms with van der Waals surface area (Å²) in [7, 11) is 0. The monoisotopic (exact) mass is 351 g/mol. The van der Waals surface area contributed by atoms with E-state index >= 15 is 0 Å². The van der Waals surface area contributed by atoms with Gasteiger partial charge in [0.25, 0.3) is 0 Å². The molecule has 0 radical (unpaired) electrons. The van der Waals surface area contributed by atoms with Crippen LogP contribution < -0.4 is 0 Å². The van der Waals surface area contributed by atoms with E-state index in [0.717, 1.165) is 6.07 Å². The van der Waals surface area contributed by atoms with Gasteiger partial charge >= 0.3 is 5.97 Å². The van der Waals surface area contributed by atoms with Gasteiger partial charge in [-0.2, -0.15) is 5.10 Å². The number of aromatic nitrogens is 3. The number of hydrogen-bond acceptors (Lipinski definition) is 3. The maximum Gasteiger partial charge on any atom is 0.339 e. The molecule has 0 atom stereocenters. The molecule has 1 aromatic carbocycles. The number of nitrogens with zero attached hydrogens (tertiary/aromatic N) is 3. The maximum absolute atomic E-state index is 14.1. The van der Waals surface area contributed by atoms with Crippen molar-refractivity contribution in [2.45, 2.75) is 19.8 Å². The topological polar surface area (TPSA) is 67.5 Å². The van der Waals surface area contributed by atoms with Crippen LogP contribution >= 0.6 is 11.6 Å². The number of aromatic carboxylic acids is 1. The number of carbonyl (C=O) groups is 1. The van der Waals surface area contributed by atoms with E-state index in [1.165, 1.54) is 22.8 Å². The van der Waals surface area contributed by atoms with Gasteiger partial charge in [0.1, 0.15) is 0 Å². The molecule has 0 fully saturated rings. The van der Waals surface area contributed by atoms with Crippen LogP contribution in [0.25, 0.3) is 16.8 Å². The summed E-state index contributed by atoms with van der Waals surface area (Å²) in [6.07, 6.45) is 1.17. The molecule has 0 saturated heterocycles. The van der Waals surface area contributed by atoms with Gasteiger partial charge < -0.3 is 5.11 Å². The van der Waals surface area contributed by atoms with Gasteiger partial charge in [0.05, 0.1) is 16.8 Å². The smallest absolute Gasteiger partial charge is 0.339 e. The molecule has 0 aliphatic carbocycles. The van der Waals surface area contributed by atoms with Gasteiger partial charge in [0.2, 0.25) is 0 Å². The lowest BCUT2D eigenvalue weighted by molar-refractivity contribution is 0.0693. The molecule has 2 aromatic heterocycles. The van der Waals surface area contributed by atoms with Gasteiger partial charge in [-0.05, 0) is 12.0 Å². The molecule has 124 valence electrons. The van der Waals surface area contributed by atoms with Crippen molar-refractivity contribution in [2.75, 3.05) is 0 Å². The zero-order valence-electron chi connectivity index (χ0n) is 12.7. The third kappa shape index (κ3) is 2.41. The Labute approximate surface area is 140 Å². The van der Waals surface area contributed by atoms with E-state index in [-0.39, 0.29) is 33.4 Å². The van der Waals surface area contributed by atoms with E-state index in [1.54, 1.807) is 13.8 Å². The molecule has 0 aliphatic heterocycles. The standard InChI is InChI=1S/C16H12ClF2N3O2/c1-7(2)13-9(16(23)24)6-20-15-11(14(17)21-22(13)15)8-4-3-5-10(18)12(8)19/h3-7H,1-2H3,(H,23,24). The molecule has 3 aromatic rings. The summed E-state index contributed by atoms with van der Waals surface area (Å²) < 4.78 is 29.0. The van der Waals surface area contributed by atoms with E-state index < -0.39 is 17.6 Å². The van der Waals surface area contributed by atoms with Gasteiger partial charge in [-0.15, -0.1) is 0 Å². The predicted octanol–water partition coefficient (Wildman–Crippen LogP) is 4.15. The Balaban J connectivity index is 2.40. The molecule has 0 amide bonds. The Morgan fingerprint density at radius 2 is 2.04 bits per heavy atom. The molecule has 0 saturated carbocycles. The van der Waals surface area contributed by atoms with Crippen molar-refractivity contribution in [2.24, 2.45) is 0 Å². The first-order chi connectivity index (χ1) is 11.3. The molecular formula is C16H12ClF2N3O2. The second-order valence-electron chi connectivity index (χ2n) is 5.52. The van der Waals surface area contributed by atoms with Crippen molar-refractivity contribution >= 4 is 23.2 Å². The highest BCUT2D eigenvalue weighted by atomic mass is 35.5. The van der Waals surface area contributed by atoms with Crippen molar-refractivity contribution in [1.29, 1.82) is 0 Å². The van der Waals surface area contributed by atoms with Crippen LogP contribution in [0.5, 0.6) is 0 Å². The molecule has 2 heterocycles. The fraction of sp³-hybridized carbons (Fsp3) is 0.188. The number of benzene rings is 1. The summed E-state index contributed by atoms with van der Waals surface area (Å²) in [5, 5.41) is 13.3. The van der Waals surface area contributed by atoms with Gasteiger partial charge in [0.15, 0.2) is 22.4 Å².